The first-order chi connectivity index (χ1) is 9.69. The highest BCUT2D eigenvalue weighted by molar-refractivity contribution is 14.0. The molecule has 1 aliphatic rings. The highest BCUT2D eigenvalue weighted by Gasteiger charge is 2.17. The van der Waals surface area contributed by atoms with Crippen LogP contribution >= 0.6 is 24.0 Å². The zero-order valence-corrected chi connectivity index (χ0v) is 16.7. The van der Waals surface area contributed by atoms with E-state index in [1.54, 1.807) is 0 Å². The summed E-state index contributed by atoms with van der Waals surface area (Å²) in [5.41, 5.74) is 0. The standard InChI is InChI=1S/C16H34N4.HI/c1-5-14(6-2)11-18-16(17-7-3)19-12-15-9-8-10-20(4)13-15;/h14-15H,5-13H2,1-4H3,(H2,17,18,19);1H. The lowest BCUT2D eigenvalue weighted by atomic mass is 9.99. The average molecular weight is 410 g/mol. The van der Waals surface area contributed by atoms with Gasteiger partial charge >= 0.3 is 0 Å². The van der Waals surface area contributed by atoms with E-state index in [4.69, 9.17) is 4.99 Å². The summed E-state index contributed by atoms with van der Waals surface area (Å²) in [5.74, 6) is 2.46. The van der Waals surface area contributed by atoms with E-state index in [2.05, 4.69) is 43.4 Å². The molecule has 126 valence electrons. The Balaban J connectivity index is 0.00000400. The Morgan fingerprint density at radius 3 is 2.52 bits per heavy atom. The third-order valence-electron chi connectivity index (χ3n) is 4.29. The number of guanidine groups is 1. The summed E-state index contributed by atoms with van der Waals surface area (Å²) in [5, 5.41) is 6.89. The van der Waals surface area contributed by atoms with Crippen LogP contribution in [-0.4, -0.2) is 50.6 Å². The monoisotopic (exact) mass is 410 g/mol. The van der Waals surface area contributed by atoms with E-state index in [9.17, 15) is 0 Å². The molecule has 1 atom stereocenters. The Labute approximate surface area is 148 Å². The maximum Gasteiger partial charge on any atom is 0.191 e. The molecule has 0 aromatic carbocycles. The average Bonchev–Trinajstić information content (AvgIpc) is 2.45. The van der Waals surface area contributed by atoms with E-state index in [-0.39, 0.29) is 24.0 Å². The Morgan fingerprint density at radius 1 is 1.24 bits per heavy atom. The van der Waals surface area contributed by atoms with Crippen molar-refractivity contribution in [2.45, 2.75) is 46.5 Å². The van der Waals surface area contributed by atoms with Crippen LogP contribution in [0.4, 0.5) is 0 Å². The van der Waals surface area contributed by atoms with Gasteiger partial charge < -0.3 is 15.5 Å². The van der Waals surface area contributed by atoms with E-state index in [0.29, 0.717) is 5.92 Å². The van der Waals surface area contributed by atoms with Crippen LogP contribution in [-0.2, 0) is 0 Å². The van der Waals surface area contributed by atoms with Gasteiger partial charge in [0, 0.05) is 26.2 Å². The van der Waals surface area contributed by atoms with Crippen LogP contribution in [0.1, 0.15) is 46.5 Å². The minimum Gasteiger partial charge on any atom is -0.357 e. The molecule has 2 N–H and O–H groups in total. The molecule has 21 heavy (non-hydrogen) atoms. The zero-order valence-electron chi connectivity index (χ0n) is 14.3. The number of piperidine rings is 1. The molecule has 0 aromatic rings. The molecular formula is C16H35IN4. The van der Waals surface area contributed by atoms with Gasteiger partial charge in [-0.1, -0.05) is 26.7 Å². The van der Waals surface area contributed by atoms with Crippen molar-refractivity contribution in [1.82, 2.24) is 15.5 Å². The summed E-state index contributed by atoms with van der Waals surface area (Å²) in [6.07, 6.45) is 5.09. The first kappa shape index (κ1) is 21.0. The summed E-state index contributed by atoms with van der Waals surface area (Å²) < 4.78 is 0. The molecule has 1 fully saturated rings. The summed E-state index contributed by atoms with van der Waals surface area (Å²) in [6.45, 7) is 12.0. The number of hydrogen-bond acceptors (Lipinski definition) is 2. The molecule has 1 unspecified atom stereocenters. The number of rotatable bonds is 7. The fourth-order valence-corrected chi connectivity index (χ4v) is 2.79. The number of hydrogen-bond donors (Lipinski definition) is 2. The second-order valence-electron chi connectivity index (χ2n) is 6.05. The minimum atomic E-state index is 0. The number of halogens is 1. The molecule has 4 nitrogen and oxygen atoms in total. The molecule has 0 amide bonds. The molecule has 1 heterocycles. The van der Waals surface area contributed by atoms with Gasteiger partial charge in [0.25, 0.3) is 0 Å². The second-order valence-corrected chi connectivity index (χ2v) is 6.05. The lowest BCUT2D eigenvalue weighted by molar-refractivity contribution is 0.210. The first-order valence-electron chi connectivity index (χ1n) is 8.40. The second kappa shape index (κ2) is 12.5. The fraction of sp³-hybridized carbons (Fsp3) is 0.938. The van der Waals surface area contributed by atoms with Crippen LogP contribution in [0.2, 0.25) is 0 Å². The summed E-state index contributed by atoms with van der Waals surface area (Å²) in [4.78, 5) is 7.17. The van der Waals surface area contributed by atoms with E-state index in [1.807, 2.05) is 0 Å². The quantitative estimate of drug-likeness (QED) is 0.385. The summed E-state index contributed by atoms with van der Waals surface area (Å²) >= 11 is 0. The molecule has 0 radical (unpaired) electrons. The van der Waals surface area contributed by atoms with E-state index in [1.165, 1.54) is 38.8 Å². The van der Waals surface area contributed by atoms with Gasteiger partial charge in [-0.2, -0.15) is 0 Å². The topological polar surface area (TPSA) is 39.7 Å². The van der Waals surface area contributed by atoms with Crippen molar-refractivity contribution in [2.75, 3.05) is 39.8 Å². The van der Waals surface area contributed by atoms with Crippen LogP contribution in [0.15, 0.2) is 4.99 Å². The maximum absolute atomic E-state index is 4.74. The normalized spacial score (nSPS) is 20.2. The number of likely N-dealkylation sites (tertiary alicyclic amines) is 1. The molecule has 5 heteroatoms. The maximum atomic E-state index is 4.74. The van der Waals surface area contributed by atoms with Crippen molar-refractivity contribution in [3.05, 3.63) is 0 Å². The van der Waals surface area contributed by atoms with Crippen LogP contribution in [0.25, 0.3) is 0 Å². The van der Waals surface area contributed by atoms with E-state index >= 15 is 0 Å². The van der Waals surface area contributed by atoms with Crippen molar-refractivity contribution in [3.63, 3.8) is 0 Å². The number of nitrogens with zero attached hydrogens (tertiary/aromatic N) is 2. The van der Waals surface area contributed by atoms with E-state index < -0.39 is 0 Å². The predicted molar refractivity (Wildman–Crippen MR) is 104 cm³/mol. The predicted octanol–water partition coefficient (Wildman–Crippen LogP) is 2.94. The van der Waals surface area contributed by atoms with Gasteiger partial charge in [-0.3, -0.25) is 4.99 Å². The van der Waals surface area contributed by atoms with Gasteiger partial charge in [0.2, 0.25) is 0 Å². The summed E-state index contributed by atoms with van der Waals surface area (Å²) in [7, 11) is 2.22. The number of nitrogens with one attached hydrogen (secondary N) is 2. The van der Waals surface area contributed by atoms with Gasteiger partial charge in [0.1, 0.15) is 0 Å². The van der Waals surface area contributed by atoms with Crippen molar-refractivity contribution < 1.29 is 0 Å². The molecule has 0 aliphatic carbocycles. The minimum absolute atomic E-state index is 0. The van der Waals surface area contributed by atoms with Crippen LogP contribution in [0.5, 0.6) is 0 Å². The fourth-order valence-electron chi connectivity index (χ4n) is 2.79. The van der Waals surface area contributed by atoms with Crippen molar-refractivity contribution in [3.8, 4) is 0 Å². The van der Waals surface area contributed by atoms with Gasteiger partial charge in [0.15, 0.2) is 5.96 Å². The Kier molecular flexibility index (Phi) is 12.5. The molecule has 1 rings (SSSR count). The molecular weight excluding hydrogens is 375 g/mol. The molecule has 1 aliphatic heterocycles. The van der Waals surface area contributed by atoms with Gasteiger partial charge in [-0.05, 0) is 45.2 Å². The van der Waals surface area contributed by atoms with E-state index in [0.717, 1.165) is 31.5 Å². The molecule has 0 bridgehead atoms. The van der Waals surface area contributed by atoms with Gasteiger partial charge in [-0.15, -0.1) is 24.0 Å². The Bertz CT molecular complexity index is 279. The largest absolute Gasteiger partial charge is 0.357 e. The smallest absolute Gasteiger partial charge is 0.191 e. The third-order valence-corrected chi connectivity index (χ3v) is 4.29. The van der Waals surface area contributed by atoms with Gasteiger partial charge in [0.05, 0.1) is 0 Å². The highest BCUT2D eigenvalue weighted by atomic mass is 127. The number of aliphatic imine (C=N–C) groups is 1. The van der Waals surface area contributed by atoms with Crippen molar-refractivity contribution in [1.29, 1.82) is 0 Å². The Morgan fingerprint density at radius 2 is 1.95 bits per heavy atom. The lowest BCUT2D eigenvalue weighted by Gasteiger charge is -2.30. The van der Waals surface area contributed by atoms with Crippen LogP contribution < -0.4 is 10.6 Å². The highest BCUT2D eigenvalue weighted by Crippen LogP contribution is 2.13. The molecule has 0 aromatic heterocycles. The Hall–Kier alpha value is -0.0400. The van der Waals surface area contributed by atoms with Crippen LogP contribution in [0.3, 0.4) is 0 Å². The zero-order chi connectivity index (χ0) is 14.8. The first-order valence-corrected chi connectivity index (χ1v) is 8.40. The van der Waals surface area contributed by atoms with Gasteiger partial charge in [-0.25, -0.2) is 0 Å². The molecule has 1 saturated heterocycles. The summed E-state index contributed by atoms with van der Waals surface area (Å²) in [6, 6.07) is 0. The van der Waals surface area contributed by atoms with Crippen molar-refractivity contribution >= 4 is 29.9 Å². The third kappa shape index (κ3) is 8.86. The van der Waals surface area contributed by atoms with Crippen LogP contribution in [0, 0.1) is 11.8 Å². The molecule has 0 spiro atoms. The molecule has 0 saturated carbocycles. The van der Waals surface area contributed by atoms with Crippen molar-refractivity contribution in [2.24, 2.45) is 16.8 Å². The lowest BCUT2D eigenvalue weighted by Crippen LogP contribution is -2.43. The SMILES string of the molecule is CCNC(=NCC(CC)CC)NCC1CCCN(C)C1.I.